The SMILES string of the molecule is COc1ccc(CCS(=O)(=O)NC(=O)c2ccc(C)nn2)cc1. The lowest BCUT2D eigenvalue weighted by Gasteiger charge is -2.07. The van der Waals surface area contributed by atoms with Crippen molar-refractivity contribution in [2.24, 2.45) is 0 Å². The van der Waals surface area contributed by atoms with Gasteiger partial charge >= 0.3 is 0 Å². The summed E-state index contributed by atoms with van der Waals surface area (Å²) in [5.74, 6) is -0.292. The van der Waals surface area contributed by atoms with Gasteiger partial charge in [-0.3, -0.25) is 4.79 Å². The van der Waals surface area contributed by atoms with Gasteiger partial charge in [0.05, 0.1) is 18.6 Å². The maximum atomic E-state index is 12.0. The second kappa shape index (κ2) is 7.19. The van der Waals surface area contributed by atoms with Gasteiger partial charge in [-0.05, 0) is 43.2 Å². The summed E-state index contributed by atoms with van der Waals surface area (Å²) in [6.07, 6.45) is 0.284. The highest BCUT2D eigenvalue weighted by atomic mass is 32.2. The van der Waals surface area contributed by atoms with E-state index in [2.05, 4.69) is 10.2 Å². The summed E-state index contributed by atoms with van der Waals surface area (Å²) in [5.41, 5.74) is 1.44. The van der Waals surface area contributed by atoms with Gasteiger partial charge in [0.25, 0.3) is 5.91 Å². The normalized spacial score (nSPS) is 11.0. The number of sulfonamides is 1. The molecular weight excluding hydrogens is 318 g/mol. The molecule has 1 amide bonds. The largest absolute Gasteiger partial charge is 0.497 e. The third kappa shape index (κ3) is 5.03. The van der Waals surface area contributed by atoms with Gasteiger partial charge in [0.2, 0.25) is 10.0 Å². The second-order valence-electron chi connectivity index (χ2n) is 4.91. The van der Waals surface area contributed by atoms with Crippen molar-refractivity contribution in [2.45, 2.75) is 13.3 Å². The molecule has 2 aromatic rings. The molecule has 2 rings (SSSR count). The van der Waals surface area contributed by atoms with Gasteiger partial charge in [0, 0.05) is 0 Å². The van der Waals surface area contributed by atoms with Crippen molar-refractivity contribution in [1.82, 2.24) is 14.9 Å². The van der Waals surface area contributed by atoms with Crippen molar-refractivity contribution in [2.75, 3.05) is 12.9 Å². The Morgan fingerprint density at radius 2 is 1.83 bits per heavy atom. The summed E-state index contributed by atoms with van der Waals surface area (Å²) < 4.78 is 31.0. The first-order valence-electron chi connectivity index (χ1n) is 6.88. The Hall–Kier alpha value is -2.48. The number of rotatable bonds is 6. The molecule has 0 spiro atoms. The average Bonchev–Trinajstić information content (AvgIpc) is 2.53. The molecule has 122 valence electrons. The first kappa shape index (κ1) is 16.9. The Balaban J connectivity index is 1.95. The topological polar surface area (TPSA) is 98.2 Å². The number of methoxy groups -OCH3 is 1. The molecule has 0 unspecified atom stereocenters. The zero-order valence-corrected chi connectivity index (χ0v) is 13.6. The Bertz CT molecular complexity index is 771. The lowest BCUT2D eigenvalue weighted by Crippen LogP contribution is -2.33. The van der Waals surface area contributed by atoms with Crippen molar-refractivity contribution in [1.29, 1.82) is 0 Å². The minimum Gasteiger partial charge on any atom is -0.497 e. The van der Waals surface area contributed by atoms with Crippen molar-refractivity contribution < 1.29 is 17.9 Å². The zero-order valence-electron chi connectivity index (χ0n) is 12.8. The van der Waals surface area contributed by atoms with Crippen LogP contribution in [0.1, 0.15) is 21.7 Å². The van der Waals surface area contributed by atoms with Crippen molar-refractivity contribution in [3.63, 3.8) is 0 Å². The molecule has 7 nitrogen and oxygen atoms in total. The van der Waals surface area contributed by atoms with Gasteiger partial charge in [-0.2, -0.15) is 5.10 Å². The van der Waals surface area contributed by atoms with Gasteiger partial charge in [0.1, 0.15) is 5.75 Å². The Morgan fingerprint density at radius 1 is 1.13 bits per heavy atom. The maximum Gasteiger partial charge on any atom is 0.285 e. The van der Waals surface area contributed by atoms with Crippen LogP contribution >= 0.6 is 0 Å². The predicted octanol–water partition coefficient (Wildman–Crippen LogP) is 1.10. The third-order valence-corrected chi connectivity index (χ3v) is 4.34. The van der Waals surface area contributed by atoms with E-state index in [1.165, 1.54) is 6.07 Å². The molecule has 1 N–H and O–H groups in total. The van der Waals surface area contributed by atoms with Gasteiger partial charge < -0.3 is 4.74 Å². The van der Waals surface area contributed by atoms with Crippen LogP contribution in [0.25, 0.3) is 0 Å². The van der Waals surface area contributed by atoms with E-state index in [-0.39, 0.29) is 17.9 Å². The number of benzene rings is 1. The number of nitrogens with zero attached hydrogens (tertiary/aromatic N) is 2. The summed E-state index contributed by atoms with van der Waals surface area (Å²) >= 11 is 0. The van der Waals surface area contributed by atoms with Crippen LogP contribution in [-0.4, -0.2) is 37.4 Å². The summed E-state index contributed by atoms with van der Waals surface area (Å²) in [4.78, 5) is 11.9. The second-order valence-corrected chi connectivity index (χ2v) is 6.75. The lowest BCUT2D eigenvalue weighted by molar-refractivity contribution is 0.0975. The van der Waals surface area contributed by atoms with Gasteiger partial charge in [0.15, 0.2) is 5.69 Å². The molecule has 0 radical (unpaired) electrons. The van der Waals surface area contributed by atoms with Crippen molar-refractivity contribution in [3.8, 4) is 5.75 Å². The van der Waals surface area contributed by atoms with E-state index in [9.17, 15) is 13.2 Å². The van der Waals surface area contributed by atoms with Crippen LogP contribution in [0.4, 0.5) is 0 Å². The molecule has 23 heavy (non-hydrogen) atoms. The van der Waals surface area contributed by atoms with Crippen LogP contribution in [0.15, 0.2) is 36.4 Å². The first-order valence-corrected chi connectivity index (χ1v) is 8.53. The number of ether oxygens (including phenoxy) is 1. The molecule has 1 heterocycles. The quantitative estimate of drug-likeness (QED) is 0.849. The summed E-state index contributed by atoms with van der Waals surface area (Å²) in [7, 11) is -2.19. The number of aromatic nitrogens is 2. The molecule has 1 aromatic heterocycles. The Labute approximate surface area is 134 Å². The van der Waals surface area contributed by atoms with E-state index < -0.39 is 15.9 Å². The van der Waals surface area contributed by atoms with Crippen LogP contribution in [0.2, 0.25) is 0 Å². The van der Waals surface area contributed by atoms with Crippen molar-refractivity contribution in [3.05, 3.63) is 53.3 Å². The zero-order chi connectivity index (χ0) is 16.9. The van der Waals surface area contributed by atoms with E-state index in [0.717, 1.165) is 5.56 Å². The standard InChI is InChI=1S/C15H17N3O4S/c1-11-3-8-14(17-16-11)15(19)18-23(20,21)10-9-12-4-6-13(22-2)7-5-12/h3-8H,9-10H2,1-2H3,(H,18,19). The number of nitrogens with one attached hydrogen (secondary N) is 1. The summed E-state index contributed by atoms with van der Waals surface area (Å²) in [6.45, 7) is 1.72. The highest BCUT2D eigenvalue weighted by Crippen LogP contribution is 2.12. The number of aryl methyl sites for hydroxylation is 2. The highest BCUT2D eigenvalue weighted by Gasteiger charge is 2.17. The molecule has 0 aliphatic carbocycles. The molecule has 0 aliphatic heterocycles. The van der Waals surface area contributed by atoms with Crippen LogP contribution in [-0.2, 0) is 16.4 Å². The molecule has 0 fully saturated rings. The number of carbonyl (C=O) groups is 1. The molecule has 0 saturated carbocycles. The Morgan fingerprint density at radius 3 is 2.39 bits per heavy atom. The average molecular weight is 335 g/mol. The fourth-order valence-electron chi connectivity index (χ4n) is 1.81. The van der Waals surface area contributed by atoms with Crippen LogP contribution in [0.5, 0.6) is 5.75 Å². The molecule has 0 aliphatic rings. The third-order valence-electron chi connectivity index (χ3n) is 3.10. The molecule has 1 aromatic carbocycles. The maximum absolute atomic E-state index is 12.0. The summed E-state index contributed by atoms with van der Waals surface area (Å²) in [5, 5.41) is 7.38. The Kier molecular flexibility index (Phi) is 5.28. The van der Waals surface area contributed by atoms with E-state index >= 15 is 0 Å². The van der Waals surface area contributed by atoms with Crippen LogP contribution in [0, 0.1) is 6.92 Å². The number of hydrogen-bond acceptors (Lipinski definition) is 6. The van der Waals surface area contributed by atoms with Crippen LogP contribution < -0.4 is 9.46 Å². The fraction of sp³-hybridized carbons (Fsp3) is 0.267. The van der Waals surface area contributed by atoms with Gasteiger partial charge in [-0.25, -0.2) is 13.1 Å². The lowest BCUT2D eigenvalue weighted by atomic mass is 10.2. The number of amides is 1. The first-order chi connectivity index (χ1) is 10.9. The predicted molar refractivity (Wildman–Crippen MR) is 84.7 cm³/mol. The van der Waals surface area contributed by atoms with Crippen molar-refractivity contribution >= 4 is 15.9 Å². The number of hydrogen-bond donors (Lipinski definition) is 1. The fourth-order valence-corrected chi connectivity index (χ4v) is 2.80. The van der Waals surface area contributed by atoms with E-state index in [1.807, 2.05) is 4.72 Å². The molecule has 0 atom stereocenters. The highest BCUT2D eigenvalue weighted by molar-refractivity contribution is 7.90. The molecule has 0 bridgehead atoms. The van der Waals surface area contributed by atoms with Crippen LogP contribution in [0.3, 0.4) is 0 Å². The number of carbonyl (C=O) groups excluding carboxylic acids is 1. The monoisotopic (exact) mass is 335 g/mol. The van der Waals surface area contributed by atoms with Gasteiger partial charge in [-0.1, -0.05) is 12.1 Å². The molecule has 0 saturated heterocycles. The van der Waals surface area contributed by atoms with E-state index in [4.69, 9.17) is 4.74 Å². The minimum atomic E-state index is -3.75. The smallest absolute Gasteiger partial charge is 0.285 e. The van der Waals surface area contributed by atoms with E-state index in [0.29, 0.717) is 11.4 Å². The molecule has 8 heteroatoms. The van der Waals surface area contributed by atoms with Gasteiger partial charge in [-0.15, -0.1) is 5.10 Å². The van der Waals surface area contributed by atoms with E-state index in [1.54, 1.807) is 44.4 Å². The molecular formula is C15H17N3O4S. The minimum absolute atomic E-state index is 0.0383. The summed E-state index contributed by atoms with van der Waals surface area (Å²) in [6, 6.07) is 10.1.